The average Bonchev–Trinajstić information content (AvgIpc) is 2.83. The van der Waals surface area contributed by atoms with Gasteiger partial charge in [0.25, 0.3) is 0 Å². The van der Waals surface area contributed by atoms with Crippen LogP contribution in [0.15, 0.2) is 18.2 Å². The van der Waals surface area contributed by atoms with Crippen LogP contribution >= 0.6 is 11.6 Å². The lowest BCUT2D eigenvalue weighted by Gasteiger charge is -2.36. The molecular weight excluding hydrogens is 255 g/mol. The topological polar surface area (TPSA) is 47.3 Å². The maximum absolute atomic E-state index is 14.0. The number of rotatable bonds is 4. The Kier molecular flexibility index (Phi) is 4.22. The van der Waals surface area contributed by atoms with Gasteiger partial charge in [0.05, 0.1) is 11.6 Å². The van der Waals surface area contributed by atoms with E-state index >= 15 is 0 Å². The summed E-state index contributed by atoms with van der Waals surface area (Å²) in [5.41, 5.74) is 2.78. The summed E-state index contributed by atoms with van der Waals surface area (Å²) in [6, 6.07) is 4.28. The molecule has 1 atom stereocenters. The zero-order chi connectivity index (χ0) is 13.2. The van der Waals surface area contributed by atoms with Crippen LogP contribution in [-0.4, -0.2) is 12.7 Å². The van der Waals surface area contributed by atoms with Crippen LogP contribution in [0.2, 0.25) is 5.02 Å². The highest BCUT2D eigenvalue weighted by Crippen LogP contribution is 2.42. The summed E-state index contributed by atoms with van der Waals surface area (Å²) in [6.07, 6.45) is 3.89. The van der Waals surface area contributed by atoms with E-state index in [1.54, 1.807) is 19.2 Å². The van der Waals surface area contributed by atoms with Gasteiger partial charge in [-0.05, 0) is 25.0 Å². The van der Waals surface area contributed by atoms with Gasteiger partial charge >= 0.3 is 0 Å². The van der Waals surface area contributed by atoms with Gasteiger partial charge in [0.1, 0.15) is 5.82 Å². The second-order valence-electron chi connectivity index (χ2n) is 4.74. The van der Waals surface area contributed by atoms with E-state index in [-0.39, 0.29) is 11.9 Å². The van der Waals surface area contributed by atoms with Crippen molar-refractivity contribution in [1.29, 1.82) is 0 Å². The van der Waals surface area contributed by atoms with Crippen LogP contribution in [0.1, 0.15) is 37.3 Å². The van der Waals surface area contributed by atoms with Crippen molar-refractivity contribution in [2.75, 3.05) is 7.11 Å². The average molecular weight is 273 g/mol. The van der Waals surface area contributed by atoms with E-state index in [1.165, 1.54) is 6.07 Å². The molecular formula is C13H18ClFN2O. The zero-order valence-electron chi connectivity index (χ0n) is 10.4. The molecule has 1 aliphatic rings. The smallest absolute Gasteiger partial charge is 0.129 e. The minimum absolute atomic E-state index is 0.353. The molecule has 1 aromatic carbocycles. The Balaban J connectivity index is 2.38. The van der Waals surface area contributed by atoms with Gasteiger partial charge in [-0.3, -0.25) is 5.84 Å². The van der Waals surface area contributed by atoms with Gasteiger partial charge < -0.3 is 4.74 Å². The third kappa shape index (κ3) is 2.38. The molecule has 1 fully saturated rings. The summed E-state index contributed by atoms with van der Waals surface area (Å²) in [6.45, 7) is 0. The molecule has 1 saturated carbocycles. The fourth-order valence-electron chi connectivity index (χ4n) is 2.84. The lowest BCUT2D eigenvalue weighted by atomic mass is 9.87. The summed E-state index contributed by atoms with van der Waals surface area (Å²) < 4.78 is 19.7. The molecule has 0 spiro atoms. The second kappa shape index (κ2) is 5.53. The van der Waals surface area contributed by atoms with Crippen LogP contribution in [0.3, 0.4) is 0 Å². The number of hydrogen-bond donors (Lipinski definition) is 2. The maximum atomic E-state index is 14.0. The maximum Gasteiger partial charge on any atom is 0.129 e. The predicted octanol–water partition coefficient (Wildman–Crippen LogP) is 2.94. The molecule has 0 radical (unpaired) electrons. The highest BCUT2D eigenvalue weighted by Gasteiger charge is 2.43. The van der Waals surface area contributed by atoms with Gasteiger partial charge in [0.15, 0.2) is 0 Å². The van der Waals surface area contributed by atoms with Crippen LogP contribution in [0.5, 0.6) is 0 Å². The monoisotopic (exact) mass is 272 g/mol. The Morgan fingerprint density at radius 3 is 2.61 bits per heavy atom. The van der Waals surface area contributed by atoms with Crippen LogP contribution < -0.4 is 11.3 Å². The van der Waals surface area contributed by atoms with Crippen molar-refractivity contribution >= 4 is 11.6 Å². The number of hydrogen-bond acceptors (Lipinski definition) is 3. The van der Waals surface area contributed by atoms with Gasteiger partial charge in [0, 0.05) is 17.7 Å². The number of methoxy groups -OCH3 is 1. The van der Waals surface area contributed by atoms with Crippen LogP contribution in [0.4, 0.5) is 4.39 Å². The summed E-state index contributed by atoms with van der Waals surface area (Å²) >= 11 is 5.77. The van der Waals surface area contributed by atoms with Gasteiger partial charge in [-0.25, -0.2) is 9.82 Å². The molecule has 3 N–H and O–H groups in total. The van der Waals surface area contributed by atoms with E-state index in [1.807, 2.05) is 0 Å². The zero-order valence-corrected chi connectivity index (χ0v) is 11.1. The van der Waals surface area contributed by atoms with Crippen molar-refractivity contribution in [1.82, 2.24) is 5.43 Å². The van der Waals surface area contributed by atoms with E-state index in [0.29, 0.717) is 10.6 Å². The normalized spacial score (nSPS) is 20.0. The van der Waals surface area contributed by atoms with Crippen molar-refractivity contribution in [2.24, 2.45) is 5.84 Å². The minimum Gasteiger partial charge on any atom is -0.376 e. The van der Waals surface area contributed by atoms with Gasteiger partial charge in [-0.2, -0.15) is 0 Å². The molecule has 100 valence electrons. The van der Waals surface area contributed by atoms with E-state index in [9.17, 15) is 4.39 Å². The number of nitrogens with two attached hydrogens (primary N) is 1. The molecule has 0 bridgehead atoms. The van der Waals surface area contributed by atoms with E-state index in [4.69, 9.17) is 22.2 Å². The first-order valence-corrected chi connectivity index (χ1v) is 6.47. The molecule has 0 amide bonds. The molecule has 2 rings (SSSR count). The highest BCUT2D eigenvalue weighted by atomic mass is 35.5. The largest absolute Gasteiger partial charge is 0.376 e. The summed E-state index contributed by atoms with van der Waals surface area (Å²) in [7, 11) is 1.66. The molecule has 0 aliphatic heterocycles. The summed E-state index contributed by atoms with van der Waals surface area (Å²) in [5.74, 6) is 5.27. The van der Waals surface area contributed by atoms with Gasteiger partial charge in [0.2, 0.25) is 0 Å². The van der Waals surface area contributed by atoms with Crippen LogP contribution in [-0.2, 0) is 4.74 Å². The predicted molar refractivity (Wildman–Crippen MR) is 69.7 cm³/mol. The number of ether oxygens (including phenoxy) is 1. The Hall–Kier alpha value is -0.680. The molecule has 1 aliphatic carbocycles. The Morgan fingerprint density at radius 1 is 1.44 bits per heavy atom. The lowest BCUT2D eigenvalue weighted by molar-refractivity contribution is -0.0377. The molecule has 0 aromatic heterocycles. The molecule has 0 saturated heterocycles. The Labute approximate surface area is 111 Å². The van der Waals surface area contributed by atoms with Crippen molar-refractivity contribution in [3.05, 3.63) is 34.6 Å². The highest BCUT2D eigenvalue weighted by molar-refractivity contribution is 6.30. The van der Waals surface area contributed by atoms with Gasteiger partial charge in [-0.1, -0.05) is 30.5 Å². The second-order valence-corrected chi connectivity index (χ2v) is 5.18. The van der Waals surface area contributed by atoms with E-state index in [0.717, 1.165) is 25.7 Å². The summed E-state index contributed by atoms with van der Waals surface area (Å²) in [4.78, 5) is 0. The van der Waals surface area contributed by atoms with Crippen LogP contribution in [0, 0.1) is 5.82 Å². The first kappa shape index (κ1) is 13.7. The standard InChI is InChI=1S/C13H18ClFN2O/c1-18-13(6-2-3-7-13)12(17-16)10-5-4-9(14)8-11(10)15/h4-5,8,12,17H,2-3,6-7,16H2,1H3. The summed E-state index contributed by atoms with van der Waals surface area (Å²) in [5, 5.41) is 0.380. The number of halogens is 2. The van der Waals surface area contributed by atoms with E-state index in [2.05, 4.69) is 5.43 Å². The SMILES string of the molecule is COC1(C(NN)c2ccc(Cl)cc2F)CCCC1. The third-order valence-corrected chi connectivity index (χ3v) is 4.06. The van der Waals surface area contributed by atoms with Crippen molar-refractivity contribution in [3.8, 4) is 0 Å². The first-order valence-electron chi connectivity index (χ1n) is 6.09. The van der Waals surface area contributed by atoms with Crippen molar-refractivity contribution < 1.29 is 9.13 Å². The van der Waals surface area contributed by atoms with Crippen molar-refractivity contribution in [3.63, 3.8) is 0 Å². The molecule has 3 nitrogen and oxygen atoms in total. The molecule has 0 heterocycles. The molecule has 5 heteroatoms. The van der Waals surface area contributed by atoms with Crippen molar-refractivity contribution in [2.45, 2.75) is 37.3 Å². The lowest BCUT2D eigenvalue weighted by Crippen LogP contribution is -2.46. The Morgan fingerprint density at radius 2 is 2.11 bits per heavy atom. The quantitative estimate of drug-likeness (QED) is 0.654. The molecule has 1 aromatic rings. The fourth-order valence-corrected chi connectivity index (χ4v) is 3.00. The third-order valence-electron chi connectivity index (χ3n) is 3.82. The van der Waals surface area contributed by atoms with Crippen LogP contribution in [0.25, 0.3) is 0 Å². The Bertz CT molecular complexity index is 421. The van der Waals surface area contributed by atoms with Gasteiger partial charge in [-0.15, -0.1) is 0 Å². The first-order chi connectivity index (χ1) is 8.63. The molecule has 18 heavy (non-hydrogen) atoms. The molecule has 1 unspecified atom stereocenters. The number of hydrazine groups is 1. The number of nitrogens with one attached hydrogen (secondary N) is 1. The number of benzene rings is 1. The van der Waals surface area contributed by atoms with E-state index < -0.39 is 5.60 Å². The fraction of sp³-hybridized carbons (Fsp3) is 0.538. The minimum atomic E-state index is -0.427.